The minimum absolute atomic E-state index is 0.0531. The van der Waals surface area contributed by atoms with Crippen LogP contribution >= 0.6 is 11.8 Å². The minimum atomic E-state index is -0.184. The Morgan fingerprint density at radius 2 is 2.23 bits per heavy atom. The van der Waals surface area contributed by atoms with Crippen molar-refractivity contribution in [3.8, 4) is 0 Å². The number of aromatic amines is 1. The SMILES string of the molecule is CC(C)c1nc(S[C@@H](C)C(=O)NCCC2=CCCCC2)n[nH]1. The molecule has 0 radical (unpaired) electrons. The summed E-state index contributed by atoms with van der Waals surface area (Å²) < 4.78 is 0. The lowest BCUT2D eigenvalue weighted by Gasteiger charge is -2.14. The quantitative estimate of drug-likeness (QED) is 0.596. The fraction of sp³-hybridized carbons (Fsp3) is 0.688. The van der Waals surface area contributed by atoms with Crippen LogP contribution in [0.2, 0.25) is 0 Å². The first kappa shape index (κ1) is 17.1. The third-order valence-corrected chi connectivity index (χ3v) is 4.77. The predicted octanol–water partition coefficient (Wildman–Crippen LogP) is 3.42. The molecule has 0 fully saturated rings. The summed E-state index contributed by atoms with van der Waals surface area (Å²) >= 11 is 1.40. The van der Waals surface area contributed by atoms with Gasteiger partial charge in [0.2, 0.25) is 11.1 Å². The standard InChI is InChI=1S/C16H26N4OS/c1-11(2)14-18-16(20-19-14)22-12(3)15(21)17-10-9-13-7-5-4-6-8-13/h7,11-12H,4-6,8-10H2,1-3H3,(H,17,21)(H,18,19,20)/t12-/m0/s1. The summed E-state index contributed by atoms with van der Waals surface area (Å²) in [5, 5.41) is 10.5. The van der Waals surface area contributed by atoms with Crippen LogP contribution in [-0.4, -0.2) is 32.9 Å². The Bertz CT molecular complexity index is 524. The van der Waals surface area contributed by atoms with Crippen LogP contribution in [0.1, 0.15) is 64.6 Å². The van der Waals surface area contributed by atoms with E-state index in [1.54, 1.807) is 0 Å². The lowest BCUT2D eigenvalue weighted by molar-refractivity contribution is -0.120. The number of carbonyl (C=O) groups excluding carboxylic acids is 1. The molecular formula is C16H26N4OS. The van der Waals surface area contributed by atoms with E-state index in [1.807, 2.05) is 6.92 Å². The monoisotopic (exact) mass is 322 g/mol. The van der Waals surface area contributed by atoms with E-state index in [9.17, 15) is 4.79 Å². The lowest BCUT2D eigenvalue weighted by atomic mass is 9.97. The Morgan fingerprint density at radius 3 is 2.86 bits per heavy atom. The predicted molar refractivity (Wildman–Crippen MR) is 90.0 cm³/mol. The van der Waals surface area contributed by atoms with Crippen molar-refractivity contribution in [1.82, 2.24) is 20.5 Å². The highest BCUT2D eigenvalue weighted by atomic mass is 32.2. The minimum Gasteiger partial charge on any atom is -0.355 e. The van der Waals surface area contributed by atoms with Crippen molar-refractivity contribution in [3.63, 3.8) is 0 Å². The number of H-pyrrole nitrogens is 1. The van der Waals surface area contributed by atoms with Crippen molar-refractivity contribution >= 4 is 17.7 Å². The molecule has 0 unspecified atom stereocenters. The van der Waals surface area contributed by atoms with E-state index in [-0.39, 0.29) is 11.2 Å². The number of allylic oxidation sites excluding steroid dienone is 1. The largest absolute Gasteiger partial charge is 0.355 e. The average Bonchev–Trinajstić information content (AvgIpc) is 2.97. The average molecular weight is 322 g/mol. The van der Waals surface area contributed by atoms with E-state index in [0.29, 0.717) is 11.1 Å². The Kier molecular flexibility index (Phi) is 6.49. The first-order valence-electron chi connectivity index (χ1n) is 8.11. The van der Waals surface area contributed by atoms with Crippen LogP contribution in [-0.2, 0) is 4.79 Å². The van der Waals surface area contributed by atoms with Gasteiger partial charge in [0.15, 0.2) is 0 Å². The topological polar surface area (TPSA) is 70.7 Å². The van der Waals surface area contributed by atoms with Gasteiger partial charge in [-0.1, -0.05) is 37.3 Å². The van der Waals surface area contributed by atoms with Crippen molar-refractivity contribution in [2.45, 2.75) is 69.2 Å². The van der Waals surface area contributed by atoms with Gasteiger partial charge >= 0.3 is 0 Å². The van der Waals surface area contributed by atoms with Crippen LogP contribution in [0.4, 0.5) is 0 Å². The molecule has 1 aromatic rings. The molecule has 1 amide bonds. The van der Waals surface area contributed by atoms with Gasteiger partial charge in [-0.05, 0) is 39.0 Å². The van der Waals surface area contributed by atoms with E-state index in [0.717, 1.165) is 18.8 Å². The summed E-state index contributed by atoms with van der Waals surface area (Å²) in [7, 11) is 0. The number of nitrogens with zero attached hydrogens (tertiary/aromatic N) is 2. The molecule has 2 N–H and O–H groups in total. The fourth-order valence-electron chi connectivity index (χ4n) is 2.40. The number of hydrogen-bond donors (Lipinski definition) is 2. The molecule has 6 heteroatoms. The highest BCUT2D eigenvalue weighted by molar-refractivity contribution is 8.00. The molecule has 22 heavy (non-hydrogen) atoms. The summed E-state index contributed by atoms with van der Waals surface area (Å²) in [5.74, 6) is 1.23. The molecule has 0 spiro atoms. The van der Waals surface area contributed by atoms with Gasteiger partial charge in [-0.15, -0.1) is 5.10 Å². The molecule has 5 nitrogen and oxygen atoms in total. The summed E-state index contributed by atoms with van der Waals surface area (Å²) in [6.45, 7) is 6.74. The summed E-state index contributed by atoms with van der Waals surface area (Å²) in [6, 6.07) is 0. The van der Waals surface area contributed by atoms with Gasteiger partial charge in [-0.3, -0.25) is 9.89 Å². The Labute approximate surface area is 136 Å². The maximum absolute atomic E-state index is 12.1. The van der Waals surface area contributed by atoms with Crippen molar-refractivity contribution in [1.29, 1.82) is 0 Å². The number of rotatable bonds is 7. The van der Waals surface area contributed by atoms with Gasteiger partial charge in [0, 0.05) is 12.5 Å². The van der Waals surface area contributed by atoms with Crippen molar-refractivity contribution in [2.75, 3.05) is 6.54 Å². The highest BCUT2D eigenvalue weighted by Crippen LogP contribution is 2.22. The van der Waals surface area contributed by atoms with Crippen LogP contribution in [0.25, 0.3) is 0 Å². The number of hydrogen-bond acceptors (Lipinski definition) is 4. The van der Waals surface area contributed by atoms with E-state index in [1.165, 1.54) is 43.0 Å². The molecule has 1 aromatic heterocycles. The van der Waals surface area contributed by atoms with E-state index >= 15 is 0 Å². The van der Waals surface area contributed by atoms with Crippen LogP contribution in [0.15, 0.2) is 16.8 Å². The zero-order chi connectivity index (χ0) is 15.9. The zero-order valence-electron chi connectivity index (χ0n) is 13.7. The maximum Gasteiger partial charge on any atom is 0.233 e. The molecule has 1 atom stereocenters. The fourth-order valence-corrected chi connectivity index (χ4v) is 3.16. The second kappa shape index (κ2) is 8.36. The van der Waals surface area contributed by atoms with Crippen LogP contribution < -0.4 is 5.32 Å². The molecule has 1 aliphatic carbocycles. The number of thioether (sulfide) groups is 1. The third kappa shape index (κ3) is 5.16. The second-order valence-corrected chi connectivity index (χ2v) is 7.38. The highest BCUT2D eigenvalue weighted by Gasteiger charge is 2.17. The maximum atomic E-state index is 12.1. The van der Waals surface area contributed by atoms with Crippen LogP contribution in [0, 0.1) is 0 Å². The van der Waals surface area contributed by atoms with Gasteiger partial charge in [-0.25, -0.2) is 4.98 Å². The Morgan fingerprint density at radius 1 is 1.41 bits per heavy atom. The molecule has 1 aliphatic rings. The summed E-state index contributed by atoms with van der Waals surface area (Å²) in [4.78, 5) is 16.5. The Hall–Kier alpha value is -1.30. The number of carbonyl (C=O) groups is 1. The lowest BCUT2D eigenvalue weighted by Crippen LogP contribution is -2.32. The van der Waals surface area contributed by atoms with Gasteiger partial charge in [0.1, 0.15) is 5.82 Å². The zero-order valence-corrected chi connectivity index (χ0v) is 14.5. The first-order valence-corrected chi connectivity index (χ1v) is 8.99. The molecule has 0 saturated carbocycles. The van der Waals surface area contributed by atoms with Crippen LogP contribution in [0.3, 0.4) is 0 Å². The van der Waals surface area contributed by atoms with Crippen LogP contribution in [0.5, 0.6) is 0 Å². The number of amides is 1. The second-order valence-electron chi connectivity index (χ2n) is 6.07. The third-order valence-electron chi connectivity index (χ3n) is 3.81. The van der Waals surface area contributed by atoms with Crippen molar-refractivity contribution in [3.05, 3.63) is 17.5 Å². The molecule has 0 aromatic carbocycles. The summed E-state index contributed by atoms with van der Waals surface area (Å²) in [6.07, 6.45) is 8.28. The van der Waals surface area contributed by atoms with E-state index in [2.05, 4.69) is 40.4 Å². The number of nitrogens with one attached hydrogen (secondary N) is 2. The normalized spacial score (nSPS) is 16.5. The van der Waals surface area contributed by atoms with Gasteiger partial charge < -0.3 is 5.32 Å². The molecule has 0 aliphatic heterocycles. The smallest absolute Gasteiger partial charge is 0.233 e. The Balaban J connectivity index is 1.73. The van der Waals surface area contributed by atoms with Gasteiger partial charge in [0.25, 0.3) is 0 Å². The molecule has 122 valence electrons. The molecular weight excluding hydrogens is 296 g/mol. The number of aromatic nitrogens is 3. The van der Waals surface area contributed by atoms with E-state index < -0.39 is 0 Å². The summed E-state index contributed by atoms with van der Waals surface area (Å²) in [5.41, 5.74) is 1.49. The molecule has 1 heterocycles. The van der Waals surface area contributed by atoms with Gasteiger partial charge in [-0.2, -0.15) is 0 Å². The van der Waals surface area contributed by atoms with Crippen molar-refractivity contribution < 1.29 is 4.79 Å². The van der Waals surface area contributed by atoms with E-state index in [4.69, 9.17) is 0 Å². The van der Waals surface area contributed by atoms with Gasteiger partial charge in [0.05, 0.1) is 5.25 Å². The molecule has 0 saturated heterocycles. The molecule has 0 bridgehead atoms. The molecule has 2 rings (SSSR count). The first-order chi connectivity index (χ1) is 10.6. The van der Waals surface area contributed by atoms with Crippen molar-refractivity contribution in [2.24, 2.45) is 0 Å².